The molecule has 1 aliphatic rings. The first-order valence-electron chi connectivity index (χ1n) is 9.80. The average Bonchev–Trinajstić information content (AvgIpc) is 3.30. The van der Waals surface area contributed by atoms with E-state index in [-0.39, 0.29) is 11.9 Å². The summed E-state index contributed by atoms with van der Waals surface area (Å²) in [5.41, 5.74) is 1.33. The SMILES string of the molecule is CN(C)c1ccc(C(=O)N2CCCCC[C@H]2c2noc(-c3cnn(C)c3)n2)cn1. The molecule has 0 radical (unpaired) electrons. The fourth-order valence-electron chi connectivity index (χ4n) is 3.58. The van der Waals surface area contributed by atoms with Crippen LogP contribution in [0, 0.1) is 0 Å². The first-order valence-corrected chi connectivity index (χ1v) is 9.80. The first-order chi connectivity index (χ1) is 14.0. The molecule has 0 aromatic carbocycles. The third kappa shape index (κ3) is 3.98. The second kappa shape index (κ2) is 8.02. The zero-order valence-electron chi connectivity index (χ0n) is 16.9. The number of hydrogen-bond acceptors (Lipinski definition) is 7. The van der Waals surface area contributed by atoms with Crippen LogP contribution in [0.5, 0.6) is 0 Å². The molecule has 4 heterocycles. The van der Waals surface area contributed by atoms with Crippen molar-refractivity contribution in [1.29, 1.82) is 0 Å². The van der Waals surface area contributed by atoms with Crippen LogP contribution in [0.1, 0.15) is 47.9 Å². The highest BCUT2D eigenvalue weighted by Gasteiger charge is 2.31. The van der Waals surface area contributed by atoms with Gasteiger partial charge < -0.3 is 14.3 Å². The molecule has 1 amide bonds. The van der Waals surface area contributed by atoms with E-state index >= 15 is 0 Å². The maximum absolute atomic E-state index is 13.3. The smallest absolute Gasteiger partial charge is 0.261 e. The Morgan fingerprint density at radius 3 is 2.76 bits per heavy atom. The Bertz CT molecular complexity index is 977. The van der Waals surface area contributed by atoms with Gasteiger partial charge in [0.1, 0.15) is 5.82 Å². The summed E-state index contributed by atoms with van der Waals surface area (Å²) in [5, 5.41) is 8.34. The number of aromatic nitrogens is 5. The Morgan fingerprint density at radius 2 is 2.07 bits per heavy atom. The van der Waals surface area contributed by atoms with E-state index in [0.717, 1.165) is 37.1 Å². The Hall–Kier alpha value is -3.23. The number of amides is 1. The van der Waals surface area contributed by atoms with Crippen LogP contribution in [0.4, 0.5) is 5.82 Å². The number of aryl methyl sites for hydroxylation is 1. The Labute approximate surface area is 169 Å². The van der Waals surface area contributed by atoms with Crippen molar-refractivity contribution in [2.45, 2.75) is 31.7 Å². The van der Waals surface area contributed by atoms with Gasteiger partial charge in [-0.05, 0) is 25.0 Å². The summed E-state index contributed by atoms with van der Waals surface area (Å²) < 4.78 is 7.15. The molecular formula is C20H25N7O2. The normalized spacial score (nSPS) is 17.2. The predicted octanol–water partition coefficient (Wildman–Crippen LogP) is 2.69. The summed E-state index contributed by atoms with van der Waals surface area (Å²) in [7, 11) is 5.68. The van der Waals surface area contributed by atoms with Crippen LogP contribution in [0.2, 0.25) is 0 Å². The molecule has 9 nitrogen and oxygen atoms in total. The van der Waals surface area contributed by atoms with Crippen LogP contribution in [-0.2, 0) is 7.05 Å². The maximum atomic E-state index is 13.3. The molecule has 1 atom stereocenters. The number of carbonyl (C=O) groups is 1. The molecule has 152 valence electrons. The molecule has 29 heavy (non-hydrogen) atoms. The van der Waals surface area contributed by atoms with Crippen LogP contribution in [0.15, 0.2) is 35.2 Å². The standard InChI is InChI=1S/C20H25N7O2/c1-25(2)17-9-8-14(11-21-17)20(28)27-10-6-4-5-7-16(27)18-23-19(29-24-18)15-12-22-26(3)13-15/h8-9,11-13,16H,4-7,10H2,1-3H3/t16-/m0/s1. The van der Waals surface area contributed by atoms with Crippen LogP contribution in [0.3, 0.4) is 0 Å². The number of pyridine rings is 1. The van der Waals surface area contributed by atoms with Crippen LogP contribution >= 0.6 is 0 Å². The first kappa shape index (κ1) is 19.1. The summed E-state index contributed by atoms with van der Waals surface area (Å²) in [6.07, 6.45) is 9.00. The number of hydrogen-bond donors (Lipinski definition) is 0. The van der Waals surface area contributed by atoms with Gasteiger partial charge in [0.15, 0.2) is 5.82 Å². The molecular weight excluding hydrogens is 370 g/mol. The van der Waals surface area contributed by atoms with Crippen molar-refractivity contribution in [2.75, 3.05) is 25.5 Å². The quantitative estimate of drug-likeness (QED) is 0.670. The van der Waals surface area contributed by atoms with Crippen LogP contribution in [0.25, 0.3) is 11.5 Å². The molecule has 0 aliphatic carbocycles. The summed E-state index contributed by atoms with van der Waals surface area (Å²) in [4.78, 5) is 26.0. The van der Waals surface area contributed by atoms with E-state index in [4.69, 9.17) is 4.52 Å². The van der Waals surface area contributed by atoms with Gasteiger partial charge in [-0.2, -0.15) is 10.1 Å². The molecule has 0 bridgehead atoms. The fourth-order valence-corrected chi connectivity index (χ4v) is 3.58. The number of likely N-dealkylation sites (tertiary alicyclic amines) is 1. The van der Waals surface area contributed by atoms with Gasteiger partial charge in [0, 0.05) is 40.1 Å². The van der Waals surface area contributed by atoms with Gasteiger partial charge >= 0.3 is 0 Å². The molecule has 3 aromatic heterocycles. The van der Waals surface area contributed by atoms with E-state index in [1.807, 2.05) is 49.3 Å². The van der Waals surface area contributed by atoms with E-state index in [2.05, 4.69) is 20.2 Å². The highest BCUT2D eigenvalue weighted by Crippen LogP contribution is 2.31. The molecule has 0 N–H and O–H groups in total. The van der Waals surface area contributed by atoms with E-state index in [9.17, 15) is 4.79 Å². The molecule has 1 saturated heterocycles. The molecule has 9 heteroatoms. The highest BCUT2D eigenvalue weighted by atomic mass is 16.5. The molecule has 1 fully saturated rings. The van der Waals surface area contributed by atoms with E-state index in [1.165, 1.54) is 0 Å². The van der Waals surface area contributed by atoms with Gasteiger partial charge in [-0.15, -0.1) is 0 Å². The average molecular weight is 395 g/mol. The van der Waals surface area contributed by atoms with Gasteiger partial charge in [0.2, 0.25) is 0 Å². The number of carbonyl (C=O) groups excluding carboxylic acids is 1. The fraction of sp³-hybridized carbons (Fsp3) is 0.450. The Morgan fingerprint density at radius 1 is 1.21 bits per heavy atom. The summed E-state index contributed by atoms with van der Waals surface area (Å²) in [6.45, 7) is 0.662. The number of anilines is 1. The van der Waals surface area contributed by atoms with Crippen molar-refractivity contribution >= 4 is 11.7 Å². The van der Waals surface area contributed by atoms with E-state index in [0.29, 0.717) is 23.8 Å². The lowest BCUT2D eigenvalue weighted by atomic mass is 10.1. The molecule has 0 unspecified atom stereocenters. The van der Waals surface area contributed by atoms with Crippen LogP contribution < -0.4 is 4.90 Å². The largest absolute Gasteiger partial charge is 0.363 e. The third-order valence-corrected chi connectivity index (χ3v) is 5.16. The second-order valence-electron chi connectivity index (χ2n) is 7.52. The van der Waals surface area contributed by atoms with Crippen molar-refractivity contribution in [3.63, 3.8) is 0 Å². The van der Waals surface area contributed by atoms with Crippen molar-refractivity contribution in [3.05, 3.63) is 42.1 Å². The van der Waals surface area contributed by atoms with E-state index in [1.54, 1.807) is 17.1 Å². The predicted molar refractivity (Wildman–Crippen MR) is 107 cm³/mol. The van der Waals surface area contributed by atoms with Crippen molar-refractivity contribution in [2.24, 2.45) is 7.05 Å². The summed E-state index contributed by atoms with van der Waals surface area (Å²) in [5.74, 6) is 1.72. The molecule has 3 aromatic rings. The monoisotopic (exact) mass is 395 g/mol. The van der Waals surface area contributed by atoms with Crippen molar-refractivity contribution in [3.8, 4) is 11.5 Å². The second-order valence-corrected chi connectivity index (χ2v) is 7.52. The van der Waals surface area contributed by atoms with Crippen molar-refractivity contribution in [1.82, 2.24) is 29.8 Å². The number of nitrogens with zero attached hydrogens (tertiary/aromatic N) is 7. The molecule has 1 aliphatic heterocycles. The lowest BCUT2D eigenvalue weighted by Gasteiger charge is -2.28. The minimum atomic E-state index is -0.215. The molecule has 0 saturated carbocycles. The van der Waals surface area contributed by atoms with Crippen molar-refractivity contribution < 1.29 is 9.32 Å². The Balaban J connectivity index is 1.60. The van der Waals surface area contributed by atoms with Gasteiger partial charge in [-0.1, -0.05) is 18.0 Å². The minimum absolute atomic E-state index is 0.0533. The topological polar surface area (TPSA) is 93.2 Å². The van der Waals surface area contributed by atoms with E-state index < -0.39 is 0 Å². The van der Waals surface area contributed by atoms with Gasteiger partial charge in [0.05, 0.1) is 23.4 Å². The lowest BCUT2D eigenvalue weighted by molar-refractivity contribution is 0.0670. The lowest BCUT2D eigenvalue weighted by Crippen LogP contribution is -2.35. The van der Waals surface area contributed by atoms with Crippen LogP contribution in [-0.4, -0.2) is 56.4 Å². The summed E-state index contributed by atoms with van der Waals surface area (Å²) >= 11 is 0. The Kier molecular flexibility index (Phi) is 5.28. The molecule has 4 rings (SSSR count). The minimum Gasteiger partial charge on any atom is -0.363 e. The zero-order valence-corrected chi connectivity index (χ0v) is 16.9. The number of rotatable bonds is 4. The highest BCUT2D eigenvalue weighted by molar-refractivity contribution is 5.94. The zero-order chi connectivity index (χ0) is 20.4. The van der Waals surface area contributed by atoms with Gasteiger partial charge in [0.25, 0.3) is 11.8 Å². The maximum Gasteiger partial charge on any atom is 0.261 e. The third-order valence-electron chi connectivity index (χ3n) is 5.16. The van der Waals surface area contributed by atoms with Gasteiger partial charge in [-0.3, -0.25) is 9.48 Å². The molecule has 0 spiro atoms. The van der Waals surface area contributed by atoms with Gasteiger partial charge in [-0.25, -0.2) is 4.98 Å². The summed E-state index contributed by atoms with van der Waals surface area (Å²) in [6, 6.07) is 3.46.